The number of hydrogen-bond acceptors (Lipinski definition) is 2. The van der Waals surface area contributed by atoms with Crippen LogP contribution in [0.5, 0.6) is 0 Å². The van der Waals surface area contributed by atoms with Gasteiger partial charge >= 0.3 is 0 Å². The van der Waals surface area contributed by atoms with Crippen molar-refractivity contribution in [3.63, 3.8) is 0 Å². The molecule has 0 heterocycles. The Balaban J connectivity index is 2.51. The first-order valence-electron chi connectivity index (χ1n) is 7.08. The van der Waals surface area contributed by atoms with Gasteiger partial charge in [-0.05, 0) is 32.6 Å². The fourth-order valence-electron chi connectivity index (χ4n) is 2.66. The Morgan fingerprint density at radius 1 is 1.28 bits per heavy atom. The zero-order valence-electron chi connectivity index (χ0n) is 11.7. The summed E-state index contributed by atoms with van der Waals surface area (Å²) in [4.78, 5) is 14.5. The third kappa shape index (κ3) is 5.34. The van der Waals surface area contributed by atoms with Gasteiger partial charge in [-0.25, -0.2) is 0 Å². The highest BCUT2D eigenvalue weighted by molar-refractivity contribution is 7.80. The molecular formula is C14H26N2OS. The Hall–Kier alpha value is -0.640. The molecule has 0 spiro atoms. The number of nitrogens with zero attached hydrogens (tertiary/aromatic N) is 1. The standard InChI is InChI=1S/C14H26N2OS/c1-11(2)16(10-13(15)18)14(17)9-12-7-5-3-4-6-8-12/h11-12H,3-10H2,1-2H3,(H2,15,18). The van der Waals surface area contributed by atoms with Crippen molar-refractivity contribution in [1.82, 2.24) is 4.90 Å². The Kier molecular flexibility index (Phi) is 6.61. The summed E-state index contributed by atoms with van der Waals surface area (Å²) in [5, 5.41) is 0. The quantitative estimate of drug-likeness (QED) is 0.617. The van der Waals surface area contributed by atoms with E-state index in [1.165, 1.54) is 38.5 Å². The topological polar surface area (TPSA) is 46.3 Å². The molecule has 0 aromatic heterocycles. The van der Waals surface area contributed by atoms with Crippen molar-refractivity contribution in [2.45, 2.75) is 64.8 Å². The molecule has 1 rings (SSSR count). The lowest BCUT2D eigenvalue weighted by Gasteiger charge is -2.28. The molecule has 0 atom stereocenters. The number of amides is 1. The molecule has 1 aliphatic carbocycles. The van der Waals surface area contributed by atoms with Gasteiger partial charge in [-0.15, -0.1) is 0 Å². The van der Waals surface area contributed by atoms with Crippen molar-refractivity contribution in [2.24, 2.45) is 11.7 Å². The van der Waals surface area contributed by atoms with Crippen LogP contribution in [0, 0.1) is 5.92 Å². The molecule has 1 amide bonds. The van der Waals surface area contributed by atoms with Crippen LogP contribution in [0.15, 0.2) is 0 Å². The van der Waals surface area contributed by atoms with Crippen molar-refractivity contribution in [3.05, 3.63) is 0 Å². The monoisotopic (exact) mass is 270 g/mol. The van der Waals surface area contributed by atoms with Gasteiger partial charge in [0.15, 0.2) is 0 Å². The second kappa shape index (κ2) is 7.72. The van der Waals surface area contributed by atoms with Crippen LogP contribution < -0.4 is 5.73 Å². The van der Waals surface area contributed by atoms with Gasteiger partial charge in [0.1, 0.15) is 0 Å². The summed E-state index contributed by atoms with van der Waals surface area (Å²) in [7, 11) is 0. The summed E-state index contributed by atoms with van der Waals surface area (Å²) >= 11 is 4.92. The molecule has 4 heteroatoms. The predicted octanol–water partition coefficient (Wildman–Crippen LogP) is 2.87. The average Bonchev–Trinajstić information content (AvgIpc) is 2.53. The lowest BCUT2D eigenvalue weighted by Crippen LogP contribution is -2.42. The van der Waals surface area contributed by atoms with Crippen LogP contribution >= 0.6 is 12.2 Å². The maximum atomic E-state index is 12.3. The highest BCUT2D eigenvalue weighted by Crippen LogP contribution is 2.26. The van der Waals surface area contributed by atoms with Crippen LogP contribution in [0.1, 0.15) is 58.8 Å². The van der Waals surface area contributed by atoms with Gasteiger partial charge in [0, 0.05) is 12.5 Å². The smallest absolute Gasteiger partial charge is 0.223 e. The third-order valence-electron chi connectivity index (χ3n) is 3.71. The number of thiocarbonyl (C=S) groups is 1. The second-order valence-electron chi connectivity index (χ2n) is 5.64. The van der Waals surface area contributed by atoms with E-state index in [-0.39, 0.29) is 11.9 Å². The molecule has 104 valence electrons. The van der Waals surface area contributed by atoms with Crippen LogP contribution in [0.25, 0.3) is 0 Å². The summed E-state index contributed by atoms with van der Waals surface area (Å²) in [6, 6.07) is 0.171. The van der Waals surface area contributed by atoms with Gasteiger partial charge in [-0.1, -0.05) is 37.9 Å². The zero-order chi connectivity index (χ0) is 13.5. The van der Waals surface area contributed by atoms with E-state index in [0.717, 1.165) is 0 Å². The normalized spacial score (nSPS) is 17.5. The molecule has 0 radical (unpaired) electrons. The maximum absolute atomic E-state index is 12.3. The number of carbonyl (C=O) groups is 1. The Morgan fingerprint density at radius 3 is 2.28 bits per heavy atom. The summed E-state index contributed by atoms with van der Waals surface area (Å²) in [6.45, 7) is 4.45. The molecule has 0 aliphatic heterocycles. The summed E-state index contributed by atoms with van der Waals surface area (Å²) < 4.78 is 0. The Morgan fingerprint density at radius 2 is 1.83 bits per heavy atom. The van der Waals surface area contributed by atoms with E-state index in [1.807, 2.05) is 18.7 Å². The minimum absolute atomic E-state index is 0.171. The minimum Gasteiger partial charge on any atom is -0.392 e. The van der Waals surface area contributed by atoms with E-state index < -0.39 is 0 Å². The van der Waals surface area contributed by atoms with E-state index in [1.54, 1.807) is 0 Å². The lowest BCUT2D eigenvalue weighted by molar-refractivity contribution is -0.133. The molecule has 1 saturated carbocycles. The fourth-order valence-corrected chi connectivity index (χ4v) is 2.80. The fraction of sp³-hybridized carbons (Fsp3) is 0.857. The molecule has 0 aromatic rings. The van der Waals surface area contributed by atoms with E-state index in [4.69, 9.17) is 18.0 Å². The highest BCUT2D eigenvalue weighted by atomic mass is 32.1. The van der Waals surface area contributed by atoms with Crippen LogP contribution in [-0.2, 0) is 4.79 Å². The third-order valence-corrected chi connectivity index (χ3v) is 3.84. The molecule has 18 heavy (non-hydrogen) atoms. The van der Waals surface area contributed by atoms with Crippen molar-refractivity contribution >= 4 is 23.1 Å². The van der Waals surface area contributed by atoms with Gasteiger partial charge in [0.25, 0.3) is 0 Å². The maximum Gasteiger partial charge on any atom is 0.223 e. The molecule has 0 bridgehead atoms. The van der Waals surface area contributed by atoms with E-state index >= 15 is 0 Å². The van der Waals surface area contributed by atoms with Crippen LogP contribution in [0.3, 0.4) is 0 Å². The van der Waals surface area contributed by atoms with Gasteiger partial charge in [0.05, 0.1) is 11.5 Å². The van der Waals surface area contributed by atoms with Crippen LogP contribution in [-0.4, -0.2) is 28.4 Å². The zero-order valence-corrected chi connectivity index (χ0v) is 12.5. The molecule has 1 fully saturated rings. The lowest BCUT2D eigenvalue weighted by atomic mass is 9.96. The molecule has 1 aliphatic rings. The number of nitrogens with two attached hydrogens (primary N) is 1. The molecule has 0 saturated heterocycles. The van der Waals surface area contributed by atoms with Crippen molar-refractivity contribution in [1.29, 1.82) is 0 Å². The van der Waals surface area contributed by atoms with Crippen LogP contribution in [0.2, 0.25) is 0 Å². The summed E-state index contributed by atoms with van der Waals surface area (Å²) in [5.41, 5.74) is 5.56. The SMILES string of the molecule is CC(C)N(CC(N)=S)C(=O)CC1CCCCCC1. The summed E-state index contributed by atoms with van der Waals surface area (Å²) in [5.74, 6) is 0.775. The van der Waals surface area contributed by atoms with Gasteiger partial charge in [-0.2, -0.15) is 0 Å². The first-order chi connectivity index (χ1) is 8.50. The Bertz CT molecular complexity index is 284. The van der Waals surface area contributed by atoms with Gasteiger partial charge in [-0.3, -0.25) is 4.79 Å². The molecule has 0 unspecified atom stereocenters. The van der Waals surface area contributed by atoms with Crippen molar-refractivity contribution < 1.29 is 4.79 Å². The molecule has 0 aromatic carbocycles. The number of hydrogen-bond donors (Lipinski definition) is 1. The molecule has 3 nitrogen and oxygen atoms in total. The Labute approximate surface area is 116 Å². The average molecular weight is 270 g/mol. The summed E-state index contributed by atoms with van der Waals surface area (Å²) in [6.07, 6.45) is 8.26. The highest BCUT2D eigenvalue weighted by Gasteiger charge is 2.22. The van der Waals surface area contributed by atoms with Gasteiger partial charge < -0.3 is 10.6 Å². The first kappa shape index (κ1) is 15.4. The van der Waals surface area contributed by atoms with Crippen molar-refractivity contribution in [3.8, 4) is 0 Å². The van der Waals surface area contributed by atoms with E-state index in [9.17, 15) is 4.79 Å². The number of rotatable bonds is 5. The van der Waals surface area contributed by atoms with E-state index in [2.05, 4.69) is 0 Å². The molecular weight excluding hydrogens is 244 g/mol. The molecule has 2 N–H and O–H groups in total. The van der Waals surface area contributed by atoms with E-state index in [0.29, 0.717) is 23.9 Å². The largest absolute Gasteiger partial charge is 0.392 e. The van der Waals surface area contributed by atoms with Crippen molar-refractivity contribution in [2.75, 3.05) is 6.54 Å². The second-order valence-corrected chi connectivity index (χ2v) is 6.17. The predicted molar refractivity (Wildman–Crippen MR) is 79.4 cm³/mol. The van der Waals surface area contributed by atoms with Crippen LogP contribution in [0.4, 0.5) is 0 Å². The minimum atomic E-state index is 0.171. The van der Waals surface area contributed by atoms with Gasteiger partial charge in [0.2, 0.25) is 5.91 Å². The number of carbonyl (C=O) groups excluding carboxylic acids is 1. The first-order valence-corrected chi connectivity index (χ1v) is 7.49.